The molecule has 1 atom stereocenters. The SMILES string of the molecule is CCOc1cc(/C=C2\SC(=S)N([C@H](C)c3ccccc3)C2=O)ccc1OCC(=O)Nc1ccccc1Cl. The number of rotatable bonds is 9. The van der Waals surface area contributed by atoms with E-state index in [-0.39, 0.29) is 24.5 Å². The van der Waals surface area contributed by atoms with Gasteiger partial charge in [-0.25, -0.2) is 0 Å². The molecule has 1 fully saturated rings. The average Bonchev–Trinajstić information content (AvgIpc) is 3.17. The van der Waals surface area contributed by atoms with Crippen LogP contribution >= 0.6 is 35.6 Å². The van der Waals surface area contributed by atoms with Gasteiger partial charge in [-0.05, 0) is 55.3 Å². The van der Waals surface area contributed by atoms with E-state index < -0.39 is 0 Å². The van der Waals surface area contributed by atoms with Gasteiger partial charge in [0.15, 0.2) is 18.1 Å². The third-order valence-electron chi connectivity index (χ3n) is 5.56. The number of nitrogens with zero attached hydrogens (tertiary/aromatic N) is 1. The second-order valence-electron chi connectivity index (χ2n) is 8.09. The zero-order chi connectivity index (χ0) is 26.4. The number of thioether (sulfide) groups is 1. The van der Waals surface area contributed by atoms with Gasteiger partial charge in [0.2, 0.25) is 0 Å². The maximum atomic E-state index is 13.2. The van der Waals surface area contributed by atoms with Crippen LogP contribution in [0.4, 0.5) is 5.69 Å². The molecule has 3 aromatic carbocycles. The molecule has 1 heterocycles. The third kappa shape index (κ3) is 6.52. The van der Waals surface area contributed by atoms with Gasteiger partial charge in [0, 0.05) is 0 Å². The quantitative estimate of drug-likeness (QED) is 0.235. The van der Waals surface area contributed by atoms with Crippen LogP contribution in [0.25, 0.3) is 6.08 Å². The summed E-state index contributed by atoms with van der Waals surface area (Å²) in [6.07, 6.45) is 1.79. The van der Waals surface area contributed by atoms with E-state index in [4.69, 9.17) is 33.3 Å². The molecule has 0 aliphatic carbocycles. The minimum atomic E-state index is -0.351. The van der Waals surface area contributed by atoms with Gasteiger partial charge >= 0.3 is 0 Å². The molecule has 1 aliphatic heterocycles. The molecular formula is C28H25ClN2O4S2. The van der Waals surface area contributed by atoms with Gasteiger partial charge in [0.25, 0.3) is 11.8 Å². The number of halogens is 1. The molecule has 0 unspecified atom stereocenters. The number of hydrogen-bond donors (Lipinski definition) is 1. The summed E-state index contributed by atoms with van der Waals surface area (Å²) in [7, 11) is 0. The second-order valence-corrected chi connectivity index (χ2v) is 10.2. The Bertz CT molecular complexity index is 1350. The highest BCUT2D eigenvalue weighted by atomic mass is 35.5. The summed E-state index contributed by atoms with van der Waals surface area (Å²) >= 11 is 12.9. The molecule has 4 rings (SSSR count). The molecule has 3 aromatic rings. The van der Waals surface area contributed by atoms with E-state index >= 15 is 0 Å². The number of anilines is 1. The van der Waals surface area contributed by atoms with Crippen molar-refractivity contribution in [2.24, 2.45) is 0 Å². The Labute approximate surface area is 230 Å². The first kappa shape index (κ1) is 26.7. The van der Waals surface area contributed by atoms with Crippen molar-refractivity contribution in [3.05, 3.63) is 93.9 Å². The number of nitrogens with one attached hydrogen (secondary N) is 1. The van der Waals surface area contributed by atoms with E-state index in [2.05, 4.69) is 5.32 Å². The lowest BCUT2D eigenvalue weighted by atomic mass is 10.1. The van der Waals surface area contributed by atoms with Crippen LogP contribution in [0.15, 0.2) is 77.7 Å². The number of carbonyl (C=O) groups is 2. The zero-order valence-corrected chi connectivity index (χ0v) is 22.7. The van der Waals surface area contributed by atoms with Crippen LogP contribution in [0, 0.1) is 0 Å². The van der Waals surface area contributed by atoms with Crippen LogP contribution in [-0.2, 0) is 9.59 Å². The highest BCUT2D eigenvalue weighted by Crippen LogP contribution is 2.39. The van der Waals surface area contributed by atoms with Crippen molar-refractivity contribution in [3.63, 3.8) is 0 Å². The van der Waals surface area contributed by atoms with Gasteiger partial charge in [-0.3, -0.25) is 14.5 Å². The molecule has 0 radical (unpaired) electrons. The Morgan fingerprint density at radius 3 is 2.54 bits per heavy atom. The summed E-state index contributed by atoms with van der Waals surface area (Å²) in [5.41, 5.74) is 2.28. The molecule has 0 saturated carbocycles. The normalized spacial score (nSPS) is 15.1. The lowest BCUT2D eigenvalue weighted by Gasteiger charge is -2.23. The van der Waals surface area contributed by atoms with Gasteiger partial charge in [-0.1, -0.05) is 84.1 Å². The lowest BCUT2D eigenvalue weighted by molar-refractivity contribution is -0.123. The van der Waals surface area contributed by atoms with Crippen molar-refractivity contribution >= 4 is 63.5 Å². The summed E-state index contributed by atoms with van der Waals surface area (Å²) in [4.78, 5) is 27.7. The first-order valence-electron chi connectivity index (χ1n) is 11.6. The Hall–Kier alpha value is -3.33. The van der Waals surface area contributed by atoms with E-state index in [0.29, 0.717) is 38.0 Å². The van der Waals surface area contributed by atoms with E-state index in [1.165, 1.54) is 11.8 Å². The van der Waals surface area contributed by atoms with Crippen molar-refractivity contribution in [3.8, 4) is 11.5 Å². The molecule has 2 amide bonds. The first-order chi connectivity index (χ1) is 17.9. The molecule has 1 aliphatic rings. The van der Waals surface area contributed by atoms with Crippen molar-refractivity contribution in [2.45, 2.75) is 19.9 Å². The molecule has 0 spiro atoms. The van der Waals surface area contributed by atoms with Crippen LogP contribution in [0.1, 0.15) is 31.0 Å². The van der Waals surface area contributed by atoms with Crippen LogP contribution in [0.2, 0.25) is 5.02 Å². The number of ether oxygens (including phenoxy) is 2. The molecule has 9 heteroatoms. The smallest absolute Gasteiger partial charge is 0.266 e. The number of benzene rings is 3. The van der Waals surface area contributed by atoms with Gasteiger partial charge in [-0.2, -0.15) is 0 Å². The minimum absolute atomic E-state index is 0.138. The molecule has 1 saturated heterocycles. The standard InChI is InChI=1S/C28H25ClN2O4S2/c1-3-34-24-15-19(13-14-23(24)35-17-26(32)30-22-12-8-7-11-21(22)29)16-25-27(33)31(28(36)37-25)18(2)20-9-5-4-6-10-20/h4-16,18H,3,17H2,1-2H3,(H,30,32)/b25-16-/t18-/m1/s1. The minimum Gasteiger partial charge on any atom is -0.490 e. The molecular weight excluding hydrogens is 528 g/mol. The summed E-state index contributed by atoms with van der Waals surface area (Å²) < 4.78 is 12.0. The Balaban J connectivity index is 1.47. The van der Waals surface area contributed by atoms with E-state index in [9.17, 15) is 9.59 Å². The summed E-state index contributed by atoms with van der Waals surface area (Å²) in [6, 6.07) is 21.9. The van der Waals surface area contributed by atoms with Crippen molar-refractivity contribution in [1.29, 1.82) is 0 Å². The summed E-state index contributed by atoms with van der Waals surface area (Å²) in [6.45, 7) is 4.00. The summed E-state index contributed by atoms with van der Waals surface area (Å²) in [5.74, 6) is 0.394. The summed E-state index contributed by atoms with van der Waals surface area (Å²) in [5, 5.41) is 3.17. The zero-order valence-electron chi connectivity index (χ0n) is 20.3. The predicted molar refractivity (Wildman–Crippen MR) is 153 cm³/mol. The maximum Gasteiger partial charge on any atom is 0.266 e. The van der Waals surface area contributed by atoms with Gasteiger partial charge < -0.3 is 14.8 Å². The highest BCUT2D eigenvalue weighted by Gasteiger charge is 2.35. The Kier molecular flexibility index (Phi) is 8.87. The number of thiocarbonyl (C=S) groups is 1. The topological polar surface area (TPSA) is 67.9 Å². The van der Waals surface area contributed by atoms with Gasteiger partial charge in [-0.15, -0.1) is 0 Å². The predicted octanol–water partition coefficient (Wildman–Crippen LogP) is 6.72. The molecule has 6 nitrogen and oxygen atoms in total. The first-order valence-corrected chi connectivity index (χ1v) is 13.2. The fraction of sp³-hybridized carbons (Fsp3) is 0.179. The van der Waals surface area contributed by atoms with Gasteiger partial charge in [0.05, 0.1) is 28.3 Å². The molecule has 37 heavy (non-hydrogen) atoms. The number of carbonyl (C=O) groups excluding carboxylic acids is 2. The van der Waals surface area contributed by atoms with Crippen molar-refractivity contribution in [1.82, 2.24) is 4.90 Å². The molecule has 0 aromatic heterocycles. The van der Waals surface area contributed by atoms with Crippen LogP contribution in [0.5, 0.6) is 11.5 Å². The monoisotopic (exact) mass is 552 g/mol. The maximum absolute atomic E-state index is 13.2. The molecule has 190 valence electrons. The average molecular weight is 553 g/mol. The Morgan fingerprint density at radius 2 is 1.81 bits per heavy atom. The number of amides is 2. The van der Waals surface area contributed by atoms with E-state index in [1.807, 2.05) is 44.2 Å². The number of hydrogen-bond acceptors (Lipinski definition) is 6. The van der Waals surface area contributed by atoms with Crippen LogP contribution in [0.3, 0.4) is 0 Å². The third-order valence-corrected chi connectivity index (χ3v) is 7.22. The van der Waals surface area contributed by atoms with Gasteiger partial charge in [0.1, 0.15) is 4.32 Å². The second kappa shape index (κ2) is 12.3. The molecule has 0 bridgehead atoms. The highest BCUT2D eigenvalue weighted by molar-refractivity contribution is 8.26. The molecule has 1 N–H and O–H groups in total. The van der Waals surface area contributed by atoms with E-state index in [1.54, 1.807) is 53.4 Å². The Morgan fingerprint density at radius 1 is 1.08 bits per heavy atom. The fourth-order valence-corrected chi connectivity index (χ4v) is 5.34. The largest absolute Gasteiger partial charge is 0.490 e. The fourth-order valence-electron chi connectivity index (χ4n) is 3.74. The van der Waals surface area contributed by atoms with Crippen LogP contribution in [-0.4, -0.2) is 34.2 Å². The van der Waals surface area contributed by atoms with Crippen molar-refractivity contribution < 1.29 is 19.1 Å². The lowest BCUT2D eigenvalue weighted by Crippen LogP contribution is -2.30. The van der Waals surface area contributed by atoms with Crippen LogP contribution < -0.4 is 14.8 Å². The van der Waals surface area contributed by atoms with Crippen molar-refractivity contribution in [2.75, 3.05) is 18.5 Å². The number of para-hydroxylation sites is 1. The van der Waals surface area contributed by atoms with E-state index in [0.717, 1.165) is 11.1 Å².